The predicted molar refractivity (Wildman–Crippen MR) is 202 cm³/mol. The Balaban J connectivity index is 0.000000379. The zero-order valence-electron chi connectivity index (χ0n) is 35.7. The van der Waals surface area contributed by atoms with Gasteiger partial charge in [-0.05, 0) is 82.7 Å². The SMILES string of the molecule is CCC(CC)/C(O)=C/C(=O)C(C)(CC)CC.[2H]c1cc([2H])c2c(CC(C)(C)C)c3c([c-]c2c1)-c1nc([2H])c([2H])c2cc(CC(C)(C)C)c([2H])c(c12)S3.[Ir]. The zero-order valence-corrected chi connectivity index (χ0v) is 33.9. The standard InChI is InChI=1S/C29H30NS.C14H26O2.Ir/c1-28(2,3)16-18-13-20-11-12-30-26-22-15-19-9-7-8-10-21(19)23(17-29(4,5)6)27(22)31-24(14-18)25(20)26;1-6-11(7-2)12(15)10-13(16)14(5,8-3)9-4;/h7-14H,16-17H2,1-6H3;10-11,15H,6-9H2,1-5H3;/q-1;;/b;12-10-;/i7D,10D,11D,12D,14D;;. The van der Waals surface area contributed by atoms with Gasteiger partial charge in [0.25, 0.3) is 0 Å². The molecule has 1 N–H and O–H groups in total. The molecule has 0 amide bonds. The van der Waals surface area contributed by atoms with Crippen LogP contribution in [0.5, 0.6) is 0 Å². The zero-order chi connectivity index (χ0) is 39.1. The molecule has 0 spiro atoms. The van der Waals surface area contributed by atoms with Crippen LogP contribution < -0.4 is 0 Å². The number of fused-ring (bicyclic) bond motifs is 3. The van der Waals surface area contributed by atoms with Crippen molar-refractivity contribution in [2.24, 2.45) is 22.2 Å². The summed E-state index contributed by atoms with van der Waals surface area (Å²) in [5.74, 6) is 0.437. The fraction of sp³-hybridized carbons (Fsp3) is 0.488. The molecule has 5 heteroatoms. The topological polar surface area (TPSA) is 50.2 Å². The van der Waals surface area contributed by atoms with Crippen LogP contribution in [0.25, 0.3) is 32.8 Å². The monoisotopic (exact) mass is 848 g/mol. The number of aliphatic hydroxyl groups is 1. The average Bonchev–Trinajstić information content (AvgIpc) is 3.04. The molecule has 0 aliphatic carbocycles. The molecule has 1 aliphatic heterocycles. The molecular formula is C43H56IrNO2S-. The Morgan fingerprint density at radius 3 is 2.25 bits per heavy atom. The van der Waals surface area contributed by atoms with Gasteiger partial charge in [-0.25, -0.2) is 0 Å². The number of hydrogen-bond acceptors (Lipinski definition) is 4. The van der Waals surface area contributed by atoms with Crippen molar-refractivity contribution in [3.05, 3.63) is 77.6 Å². The Morgan fingerprint density at radius 2 is 1.67 bits per heavy atom. The van der Waals surface area contributed by atoms with Gasteiger partial charge >= 0.3 is 0 Å². The van der Waals surface area contributed by atoms with E-state index >= 15 is 0 Å². The molecule has 1 aliphatic rings. The molecule has 0 unspecified atom stereocenters. The van der Waals surface area contributed by atoms with Gasteiger partial charge in [0.15, 0.2) is 5.78 Å². The number of aliphatic hydroxyl groups excluding tert-OH is 1. The molecule has 3 aromatic carbocycles. The van der Waals surface area contributed by atoms with E-state index < -0.39 is 0 Å². The maximum atomic E-state index is 12.0. The van der Waals surface area contributed by atoms with Gasteiger partial charge in [0, 0.05) is 54.3 Å². The molecule has 5 rings (SSSR count). The van der Waals surface area contributed by atoms with E-state index in [0.717, 1.165) is 62.9 Å². The maximum Gasteiger partial charge on any atom is 0.164 e. The summed E-state index contributed by atoms with van der Waals surface area (Å²) < 4.78 is 43.2. The summed E-state index contributed by atoms with van der Waals surface area (Å²) >= 11 is 1.52. The third kappa shape index (κ3) is 9.20. The molecule has 1 radical (unpaired) electrons. The Hall–Kier alpha value is -2.46. The Kier molecular flexibility index (Phi) is 10.9. The molecule has 0 saturated heterocycles. The van der Waals surface area contributed by atoms with Gasteiger partial charge in [-0.1, -0.05) is 117 Å². The van der Waals surface area contributed by atoms with Gasteiger partial charge in [0.1, 0.15) is 0 Å². The Bertz CT molecular complexity index is 2040. The predicted octanol–water partition coefficient (Wildman–Crippen LogP) is 12.8. The Morgan fingerprint density at radius 1 is 1.02 bits per heavy atom. The van der Waals surface area contributed by atoms with E-state index in [-0.39, 0.29) is 72.1 Å². The van der Waals surface area contributed by atoms with Crippen molar-refractivity contribution in [3.63, 3.8) is 0 Å². The van der Waals surface area contributed by atoms with Gasteiger partial charge in [-0.2, -0.15) is 0 Å². The first kappa shape index (κ1) is 32.7. The van der Waals surface area contributed by atoms with Crippen LogP contribution in [-0.4, -0.2) is 15.9 Å². The third-order valence-electron chi connectivity index (χ3n) is 9.25. The molecular weight excluding hydrogens is 787 g/mol. The number of ketones is 1. The van der Waals surface area contributed by atoms with Crippen molar-refractivity contribution in [1.29, 1.82) is 0 Å². The second-order valence-corrected chi connectivity index (χ2v) is 16.6. The van der Waals surface area contributed by atoms with Crippen molar-refractivity contribution in [3.8, 4) is 11.3 Å². The number of pyridine rings is 1. The first-order valence-electron chi connectivity index (χ1n) is 19.6. The fourth-order valence-corrected chi connectivity index (χ4v) is 7.32. The van der Waals surface area contributed by atoms with E-state index in [1.54, 1.807) is 12.1 Å². The smallest absolute Gasteiger partial charge is 0.164 e. The van der Waals surface area contributed by atoms with Gasteiger partial charge < -0.3 is 5.11 Å². The first-order chi connectivity index (χ1) is 24.1. The summed E-state index contributed by atoms with van der Waals surface area (Å²) in [6.07, 6.45) is 6.13. The number of carbonyl (C=O) groups excluding carboxylic acids is 1. The van der Waals surface area contributed by atoms with E-state index in [9.17, 15) is 9.90 Å². The number of benzene rings is 3. The number of aromatic nitrogens is 1. The average molecular weight is 848 g/mol. The minimum absolute atomic E-state index is 0. The third-order valence-corrected chi connectivity index (χ3v) is 10.4. The summed E-state index contributed by atoms with van der Waals surface area (Å²) in [5, 5.41) is 12.7. The second kappa shape index (κ2) is 16.0. The van der Waals surface area contributed by atoms with Gasteiger partial charge in [-0.3, -0.25) is 9.78 Å². The number of rotatable bonds is 9. The molecule has 1 aromatic heterocycles. The van der Waals surface area contributed by atoms with Crippen molar-refractivity contribution in [2.75, 3.05) is 0 Å². The molecule has 2 heterocycles. The van der Waals surface area contributed by atoms with Crippen LogP contribution in [0.3, 0.4) is 0 Å². The van der Waals surface area contributed by atoms with Crippen molar-refractivity contribution >= 4 is 39.1 Å². The number of hydrogen-bond donors (Lipinski definition) is 1. The van der Waals surface area contributed by atoms with E-state index in [0.29, 0.717) is 41.4 Å². The van der Waals surface area contributed by atoms with Crippen molar-refractivity contribution < 1.29 is 36.9 Å². The Labute approximate surface area is 315 Å². The summed E-state index contributed by atoms with van der Waals surface area (Å²) in [6, 6.07) is 9.74. The van der Waals surface area contributed by atoms with Crippen LogP contribution in [0, 0.1) is 28.2 Å². The molecule has 0 saturated carbocycles. The van der Waals surface area contributed by atoms with Gasteiger partial charge in [-0.15, -0.1) is 29.3 Å². The van der Waals surface area contributed by atoms with E-state index in [2.05, 4.69) is 52.6 Å². The van der Waals surface area contributed by atoms with E-state index in [4.69, 9.17) is 6.85 Å². The molecule has 48 heavy (non-hydrogen) atoms. The van der Waals surface area contributed by atoms with Gasteiger partial charge in [0.05, 0.1) is 12.6 Å². The fourth-order valence-electron chi connectivity index (χ4n) is 6.08. The van der Waals surface area contributed by atoms with Crippen molar-refractivity contribution in [1.82, 2.24) is 4.98 Å². The summed E-state index contributed by atoms with van der Waals surface area (Å²) in [5.41, 5.74) is 2.76. The second-order valence-electron chi connectivity index (χ2n) is 15.6. The number of nitrogens with zero attached hydrogens (tertiary/aromatic N) is 1. The molecule has 0 bridgehead atoms. The summed E-state index contributed by atoms with van der Waals surface area (Å²) in [4.78, 5) is 18.3. The quantitative estimate of drug-likeness (QED) is 0.0912. The minimum atomic E-state index is -0.319. The van der Waals surface area contributed by atoms with Crippen molar-refractivity contribution in [2.45, 2.75) is 124 Å². The largest absolute Gasteiger partial charge is 0.512 e. The summed E-state index contributed by atoms with van der Waals surface area (Å²) in [7, 11) is 0. The normalized spacial score (nSPS) is 14.7. The number of carbonyl (C=O) groups is 1. The molecule has 0 atom stereocenters. The van der Waals surface area contributed by atoms with Crippen LogP contribution in [0.1, 0.15) is 120 Å². The van der Waals surface area contributed by atoms with Crippen LogP contribution in [-0.2, 0) is 37.7 Å². The van der Waals surface area contributed by atoms with Crippen LogP contribution in [0.2, 0.25) is 0 Å². The molecule has 261 valence electrons. The van der Waals surface area contributed by atoms with Crippen LogP contribution in [0.15, 0.2) is 70.2 Å². The number of allylic oxidation sites excluding steroid dienone is 2. The molecule has 3 nitrogen and oxygen atoms in total. The molecule has 0 fully saturated rings. The van der Waals surface area contributed by atoms with Crippen LogP contribution in [0.4, 0.5) is 0 Å². The minimum Gasteiger partial charge on any atom is -0.512 e. The van der Waals surface area contributed by atoms with E-state index in [1.165, 1.54) is 17.8 Å². The maximum absolute atomic E-state index is 12.0. The van der Waals surface area contributed by atoms with E-state index in [1.807, 2.05) is 40.7 Å². The van der Waals surface area contributed by atoms with Gasteiger partial charge in [0.2, 0.25) is 0 Å². The first-order valence-corrected chi connectivity index (χ1v) is 18.0. The van der Waals surface area contributed by atoms with Crippen LogP contribution >= 0.6 is 11.8 Å². The molecule has 4 aromatic rings. The summed E-state index contributed by atoms with van der Waals surface area (Å²) in [6.45, 7) is 23.0.